The number of nitrogens with two attached hydrogens (primary N) is 2. The lowest BCUT2D eigenvalue weighted by Crippen LogP contribution is -2.28. The van der Waals surface area contributed by atoms with Gasteiger partial charge in [-0.2, -0.15) is 4.98 Å². The predicted molar refractivity (Wildman–Crippen MR) is 119 cm³/mol. The molecule has 0 amide bonds. The molecule has 4 heterocycles. The van der Waals surface area contributed by atoms with Crippen molar-refractivity contribution >= 4 is 42.2 Å². The molecule has 0 aliphatic carbocycles. The molecule has 3 aromatic heterocycles. The molecule has 1 aliphatic heterocycles. The number of hydrogen-bond acceptors (Lipinski definition) is 12. The minimum absolute atomic E-state index is 0.0572. The molecule has 0 saturated carbocycles. The van der Waals surface area contributed by atoms with Gasteiger partial charge >= 0.3 is 13.3 Å². The fourth-order valence-electron chi connectivity index (χ4n) is 2.74. The summed E-state index contributed by atoms with van der Waals surface area (Å²) in [7, 11) is -4.12. The van der Waals surface area contributed by atoms with E-state index in [2.05, 4.69) is 19.9 Å². The lowest BCUT2D eigenvalue weighted by Gasteiger charge is -2.13. The summed E-state index contributed by atoms with van der Waals surface area (Å²) in [6.07, 6.45) is 3.43. The second-order valence-corrected chi connectivity index (χ2v) is 9.43. The molecule has 7 N–H and O–H groups in total. The highest BCUT2D eigenvalue weighted by atomic mass is 32.2. The third-order valence-corrected chi connectivity index (χ3v) is 5.84. The highest BCUT2D eigenvalue weighted by Gasteiger charge is 2.27. The van der Waals surface area contributed by atoms with E-state index in [9.17, 15) is 9.36 Å². The quantitative estimate of drug-likeness (QED) is 0.192. The van der Waals surface area contributed by atoms with Crippen LogP contribution in [0.4, 0.5) is 11.6 Å². The summed E-state index contributed by atoms with van der Waals surface area (Å²) in [4.78, 5) is 44.2. The number of aliphatic hydroxyl groups is 1. The third-order valence-electron chi connectivity index (χ3n) is 4.21. The summed E-state index contributed by atoms with van der Waals surface area (Å²) < 4.78 is 23.9. The maximum atomic E-state index is 11.4. The SMILES string of the molecule is Nc1ccn([C@H]2CS[C@H](CO)O2)c(=O)n1.Nc1ncnc2c1ncn2CCOCP(=O)(O)O. The first-order valence-corrected chi connectivity index (χ1v) is 12.3. The Morgan fingerprint density at radius 2 is 2.09 bits per heavy atom. The fourth-order valence-corrected chi connectivity index (χ4v) is 4.04. The summed E-state index contributed by atoms with van der Waals surface area (Å²) in [6, 6.07) is 1.54. The van der Waals surface area contributed by atoms with Gasteiger partial charge in [-0.1, -0.05) is 0 Å². The number of anilines is 2. The Labute approximate surface area is 190 Å². The Hall–Kier alpha value is -2.59. The summed E-state index contributed by atoms with van der Waals surface area (Å²) in [5, 5.41) is 8.88. The highest BCUT2D eigenvalue weighted by molar-refractivity contribution is 8.00. The number of nitrogens with zero attached hydrogens (tertiary/aromatic N) is 6. The van der Waals surface area contributed by atoms with Gasteiger partial charge in [0.15, 0.2) is 11.5 Å². The van der Waals surface area contributed by atoms with Crippen molar-refractivity contribution in [1.29, 1.82) is 0 Å². The Kier molecular flexibility index (Phi) is 8.36. The number of rotatable bonds is 7. The molecule has 0 unspecified atom stereocenters. The van der Waals surface area contributed by atoms with Crippen LogP contribution in [0, 0.1) is 0 Å². The molecule has 2 atom stereocenters. The Balaban J connectivity index is 0.000000189. The van der Waals surface area contributed by atoms with Crippen LogP contribution < -0.4 is 17.2 Å². The summed E-state index contributed by atoms with van der Waals surface area (Å²) in [5.41, 5.74) is 11.3. The van der Waals surface area contributed by atoms with Crippen molar-refractivity contribution in [3.8, 4) is 0 Å². The van der Waals surface area contributed by atoms with Gasteiger partial charge in [-0.15, -0.1) is 11.8 Å². The van der Waals surface area contributed by atoms with Crippen LogP contribution in [0.2, 0.25) is 0 Å². The summed E-state index contributed by atoms with van der Waals surface area (Å²) in [6.45, 7) is 0.450. The molecule has 1 aliphatic rings. The third kappa shape index (κ3) is 6.94. The molecule has 17 heteroatoms. The lowest BCUT2D eigenvalue weighted by atomic mass is 10.5. The minimum Gasteiger partial charge on any atom is -0.393 e. The smallest absolute Gasteiger partial charge is 0.351 e. The maximum absolute atomic E-state index is 11.4. The molecule has 1 saturated heterocycles. The summed E-state index contributed by atoms with van der Waals surface area (Å²) >= 11 is 1.47. The van der Waals surface area contributed by atoms with Crippen molar-refractivity contribution in [2.75, 3.05) is 36.8 Å². The van der Waals surface area contributed by atoms with E-state index in [4.69, 9.17) is 35.8 Å². The molecule has 15 nitrogen and oxygen atoms in total. The number of imidazole rings is 1. The van der Waals surface area contributed by atoms with Crippen molar-refractivity contribution in [2.24, 2.45) is 0 Å². The topological polar surface area (TPSA) is 227 Å². The van der Waals surface area contributed by atoms with Gasteiger partial charge in [0.25, 0.3) is 0 Å². The predicted octanol–water partition coefficient (Wildman–Crippen LogP) is -1.03. The number of nitrogen functional groups attached to an aromatic ring is 2. The molecule has 1 fully saturated rings. The first-order chi connectivity index (χ1) is 15.7. The van der Waals surface area contributed by atoms with Gasteiger partial charge in [0.1, 0.15) is 35.7 Å². The molecule has 0 radical (unpaired) electrons. The van der Waals surface area contributed by atoms with Gasteiger partial charge in [0.05, 0.1) is 19.5 Å². The Morgan fingerprint density at radius 1 is 1.30 bits per heavy atom. The van der Waals surface area contributed by atoms with Gasteiger partial charge in [-0.25, -0.2) is 19.7 Å². The van der Waals surface area contributed by atoms with Crippen LogP contribution in [0.3, 0.4) is 0 Å². The van der Waals surface area contributed by atoms with E-state index in [-0.39, 0.29) is 36.5 Å². The number of aliphatic hydroxyl groups excluding tert-OH is 1. The van der Waals surface area contributed by atoms with Gasteiger partial charge in [-0.05, 0) is 6.07 Å². The molecule has 4 rings (SSSR count). The van der Waals surface area contributed by atoms with Crippen molar-refractivity contribution < 1.29 is 28.9 Å². The molecular weight excluding hydrogens is 479 g/mol. The Bertz CT molecular complexity index is 1190. The van der Waals surface area contributed by atoms with Crippen LogP contribution >= 0.6 is 19.4 Å². The highest BCUT2D eigenvalue weighted by Crippen LogP contribution is 2.33. The molecular formula is C16H23N8O7PS. The Morgan fingerprint density at radius 3 is 2.76 bits per heavy atom. The van der Waals surface area contributed by atoms with Crippen molar-refractivity contribution in [2.45, 2.75) is 18.2 Å². The molecule has 0 bridgehead atoms. The average molecular weight is 502 g/mol. The average Bonchev–Trinajstić information content (AvgIpc) is 3.39. The van der Waals surface area contributed by atoms with Crippen molar-refractivity contribution in [3.63, 3.8) is 0 Å². The van der Waals surface area contributed by atoms with Gasteiger partial charge in [0, 0.05) is 18.5 Å². The molecule has 0 spiro atoms. The van der Waals surface area contributed by atoms with Crippen LogP contribution in [0.25, 0.3) is 11.2 Å². The molecule has 0 aromatic carbocycles. The van der Waals surface area contributed by atoms with Crippen LogP contribution in [-0.4, -0.2) is 74.7 Å². The van der Waals surface area contributed by atoms with E-state index in [0.29, 0.717) is 23.5 Å². The van der Waals surface area contributed by atoms with Crippen LogP contribution in [0.1, 0.15) is 6.23 Å². The second-order valence-electron chi connectivity index (χ2n) is 6.65. The van der Waals surface area contributed by atoms with Gasteiger partial charge in [-0.3, -0.25) is 9.13 Å². The van der Waals surface area contributed by atoms with Crippen LogP contribution in [-0.2, 0) is 20.6 Å². The largest absolute Gasteiger partial charge is 0.393 e. The van der Waals surface area contributed by atoms with Crippen molar-refractivity contribution in [1.82, 2.24) is 29.1 Å². The van der Waals surface area contributed by atoms with E-state index in [1.54, 1.807) is 16.8 Å². The maximum Gasteiger partial charge on any atom is 0.351 e. The van der Waals surface area contributed by atoms with E-state index in [0.717, 1.165) is 0 Å². The standard InChI is InChI=1S/C8H12N5O4P.C8H11N3O3S/c9-7-6-8(11-3-10-7)13(4-12-6)1-2-17-5-18(14,15)16;9-5-1-2-11(8(13)10-5)6-4-15-7(3-12)14-6/h3-4H,1-2,5H2,(H2,9,10,11)(H2,14,15,16);1-2,6-7,12H,3-4H2,(H2,9,10,13)/t;6-,7-/m.1/s1. The van der Waals surface area contributed by atoms with Crippen LogP contribution in [0.15, 0.2) is 29.7 Å². The van der Waals surface area contributed by atoms with Gasteiger partial charge in [0.2, 0.25) is 0 Å². The zero-order chi connectivity index (χ0) is 24.0. The van der Waals surface area contributed by atoms with Crippen LogP contribution in [0.5, 0.6) is 0 Å². The number of ether oxygens (including phenoxy) is 2. The van der Waals surface area contributed by atoms with E-state index >= 15 is 0 Å². The number of hydrogen-bond donors (Lipinski definition) is 5. The molecule has 33 heavy (non-hydrogen) atoms. The summed E-state index contributed by atoms with van der Waals surface area (Å²) in [5.74, 6) is 1.10. The lowest BCUT2D eigenvalue weighted by molar-refractivity contribution is -0.00629. The number of thioether (sulfide) groups is 1. The number of aromatic nitrogens is 6. The molecule has 180 valence electrons. The van der Waals surface area contributed by atoms with Crippen molar-refractivity contribution in [3.05, 3.63) is 35.4 Å². The first-order valence-electron chi connectivity index (χ1n) is 9.44. The minimum atomic E-state index is -4.12. The fraction of sp³-hybridized carbons (Fsp3) is 0.438. The zero-order valence-corrected chi connectivity index (χ0v) is 18.9. The second kappa shape index (κ2) is 11.0. The molecule has 3 aromatic rings. The van der Waals surface area contributed by atoms with Gasteiger partial charge < -0.3 is 40.4 Å². The van der Waals surface area contributed by atoms with E-state index in [1.807, 2.05) is 0 Å². The monoisotopic (exact) mass is 502 g/mol. The number of fused-ring (bicyclic) bond motifs is 1. The van der Waals surface area contributed by atoms with E-state index in [1.165, 1.54) is 29.0 Å². The zero-order valence-electron chi connectivity index (χ0n) is 17.2. The first kappa shape index (κ1) is 25.0. The van der Waals surface area contributed by atoms with E-state index < -0.39 is 19.6 Å². The normalized spacial score (nSPS) is 18.3.